The fourth-order valence-electron chi connectivity index (χ4n) is 3.66. The van der Waals surface area contributed by atoms with Crippen molar-refractivity contribution in [2.45, 2.75) is 13.0 Å². The molecule has 1 aliphatic rings. The van der Waals surface area contributed by atoms with Crippen LogP contribution in [0.2, 0.25) is 10.0 Å². The zero-order valence-electron chi connectivity index (χ0n) is 15.6. The number of carboxylic acid groups (broad SMARTS) is 1. The Labute approximate surface area is 179 Å². The standard InChI is InChI=1S/C24H19Cl2NO2/c25-20-8-9-23-19(13-20)10-11-27(23)15-17-3-1-2-16(12-17)4-5-18-6-7-21(26)14-22(18)24(28)29/h1-9,12-14H,10-11,15H2,(H,28,29)/b5-4+. The van der Waals surface area contributed by atoms with E-state index in [0.29, 0.717) is 10.6 Å². The fourth-order valence-corrected chi connectivity index (χ4v) is 4.03. The van der Waals surface area contributed by atoms with Crippen molar-refractivity contribution >= 4 is 47.0 Å². The zero-order chi connectivity index (χ0) is 20.4. The number of anilines is 1. The molecular formula is C24H19Cl2NO2. The number of rotatable bonds is 5. The summed E-state index contributed by atoms with van der Waals surface area (Å²) in [7, 11) is 0. The molecule has 1 heterocycles. The molecule has 3 aromatic rings. The van der Waals surface area contributed by atoms with Crippen LogP contribution in [0.15, 0.2) is 60.7 Å². The Kier molecular flexibility index (Phi) is 5.61. The lowest BCUT2D eigenvalue weighted by Crippen LogP contribution is -2.19. The zero-order valence-corrected chi connectivity index (χ0v) is 17.1. The minimum absolute atomic E-state index is 0.192. The van der Waals surface area contributed by atoms with Crippen LogP contribution < -0.4 is 4.90 Å². The smallest absolute Gasteiger partial charge is 0.336 e. The molecule has 0 unspecified atom stereocenters. The molecule has 1 aliphatic heterocycles. The Morgan fingerprint density at radius 2 is 1.79 bits per heavy atom. The second kappa shape index (κ2) is 8.32. The second-order valence-corrected chi connectivity index (χ2v) is 7.93. The van der Waals surface area contributed by atoms with Gasteiger partial charge in [-0.2, -0.15) is 0 Å². The molecule has 0 aromatic heterocycles. The van der Waals surface area contributed by atoms with E-state index >= 15 is 0 Å². The van der Waals surface area contributed by atoms with Gasteiger partial charge in [-0.25, -0.2) is 4.79 Å². The summed E-state index contributed by atoms with van der Waals surface area (Å²) in [6.45, 7) is 1.79. The van der Waals surface area contributed by atoms with Crippen LogP contribution in [0.1, 0.15) is 32.6 Å². The van der Waals surface area contributed by atoms with E-state index in [9.17, 15) is 9.90 Å². The lowest BCUT2D eigenvalue weighted by Gasteiger charge is -2.19. The van der Waals surface area contributed by atoms with Crippen molar-refractivity contribution in [2.75, 3.05) is 11.4 Å². The summed E-state index contributed by atoms with van der Waals surface area (Å²) >= 11 is 12.0. The molecule has 0 radical (unpaired) electrons. The number of hydrogen-bond donors (Lipinski definition) is 1. The number of carboxylic acids is 1. The summed E-state index contributed by atoms with van der Waals surface area (Å²) < 4.78 is 0. The van der Waals surface area contributed by atoms with Gasteiger partial charge < -0.3 is 10.0 Å². The average Bonchev–Trinajstić information content (AvgIpc) is 3.09. The fraction of sp³-hybridized carbons (Fsp3) is 0.125. The Hall–Kier alpha value is -2.75. The summed E-state index contributed by atoms with van der Waals surface area (Å²) in [5.74, 6) is -0.992. The second-order valence-electron chi connectivity index (χ2n) is 7.06. The molecule has 0 fully saturated rings. The summed E-state index contributed by atoms with van der Waals surface area (Å²) in [6, 6.07) is 19.2. The number of halogens is 2. The van der Waals surface area contributed by atoms with E-state index in [-0.39, 0.29) is 5.56 Å². The van der Waals surface area contributed by atoms with Gasteiger partial charge in [0.25, 0.3) is 0 Å². The predicted molar refractivity (Wildman–Crippen MR) is 120 cm³/mol. The minimum atomic E-state index is -0.992. The summed E-state index contributed by atoms with van der Waals surface area (Å²) in [4.78, 5) is 13.8. The molecule has 146 valence electrons. The van der Waals surface area contributed by atoms with Gasteiger partial charge >= 0.3 is 5.97 Å². The molecule has 3 aromatic carbocycles. The minimum Gasteiger partial charge on any atom is -0.478 e. The van der Waals surface area contributed by atoms with Crippen molar-refractivity contribution in [3.05, 3.63) is 98.5 Å². The van der Waals surface area contributed by atoms with Gasteiger partial charge in [0.15, 0.2) is 0 Å². The van der Waals surface area contributed by atoms with Gasteiger partial charge in [0.2, 0.25) is 0 Å². The van der Waals surface area contributed by atoms with Gasteiger partial charge in [-0.3, -0.25) is 0 Å². The lowest BCUT2D eigenvalue weighted by atomic mass is 10.0. The third-order valence-corrected chi connectivity index (χ3v) is 5.53. The van der Waals surface area contributed by atoms with E-state index in [1.807, 2.05) is 36.4 Å². The largest absolute Gasteiger partial charge is 0.478 e. The van der Waals surface area contributed by atoms with Crippen molar-refractivity contribution in [3.8, 4) is 0 Å². The Morgan fingerprint density at radius 3 is 2.62 bits per heavy atom. The van der Waals surface area contributed by atoms with Crippen LogP contribution in [0, 0.1) is 0 Å². The summed E-state index contributed by atoms with van der Waals surface area (Å²) in [5.41, 5.74) is 5.56. The highest BCUT2D eigenvalue weighted by atomic mass is 35.5. The third-order valence-electron chi connectivity index (χ3n) is 5.06. The highest BCUT2D eigenvalue weighted by Crippen LogP contribution is 2.31. The Balaban J connectivity index is 1.53. The van der Waals surface area contributed by atoms with E-state index in [1.165, 1.54) is 22.9 Å². The average molecular weight is 424 g/mol. The monoisotopic (exact) mass is 423 g/mol. The van der Waals surface area contributed by atoms with Crippen LogP contribution in [0.3, 0.4) is 0 Å². The molecule has 0 aliphatic carbocycles. The van der Waals surface area contributed by atoms with Gasteiger partial charge in [-0.15, -0.1) is 0 Å². The molecule has 0 bridgehead atoms. The number of hydrogen-bond acceptors (Lipinski definition) is 2. The Bertz CT molecular complexity index is 1110. The normalized spacial score (nSPS) is 13.1. The van der Waals surface area contributed by atoms with E-state index in [0.717, 1.165) is 30.1 Å². The van der Waals surface area contributed by atoms with Crippen LogP contribution in [-0.4, -0.2) is 17.6 Å². The highest BCUT2D eigenvalue weighted by Gasteiger charge is 2.19. The first-order chi connectivity index (χ1) is 14.0. The van der Waals surface area contributed by atoms with Gasteiger partial charge in [-0.05, 0) is 65.1 Å². The van der Waals surface area contributed by atoms with Gasteiger partial charge in [0.1, 0.15) is 0 Å². The molecule has 1 N–H and O–H groups in total. The van der Waals surface area contributed by atoms with Crippen LogP contribution in [-0.2, 0) is 13.0 Å². The summed E-state index contributed by atoms with van der Waals surface area (Å²) in [6.07, 6.45) is 4.74. The van der Waals surface area contributed by atoms with Crippen LogP contribution in [0.5, 0.6) is 0 Å². The van der Waals surface area contributed by atoms with Crippen molar-refractivity contribution in [1.82, 2.24) is 0 Å². The number of nitrogens with zero attached hydrogens (tertiary/aromatic N) is 1. The predicted octanol–water partition coefficient (Wildman–Crippen LogP) is 6.42. The molecule has 0 spiro atoms. The van der Waals surface area contributed by atoms with Crippen molar-refractivity contribution in [1.29, 1.82) is 0 Å². The number of fused-ring (bicyclic) bond motifs is 1. The van der Waals surface area contributed by atoms with Gasteiger partial charge in [0.05, 0.1) is 5.56 Å². The van der Waals surface area contributed by atoms with Crippen molar-refractivity contribution < 1.29 is 9.90 Å². The first-order valence-electron chi connectivity index (χ1n) is 9.33. The van der Waals surface area contributed by atoms with Crippen LogP contribution in [0.25, 0.3) is 12.2 Å². The molecule has 0 amide bonds. The summed E-state index contributed by atoms with van der Waals surface area (Å²) in [5, 5.41) is 10.6. The number of benzene rings is 3. The maximum absolute atomic E-state index is 11.4. The maximum atomic E-state index is 11.4. The van der Waals surface area contributed by atoms with E-state index in [2.05, 4.69) is 23.1 Å². The van der Waals surface area contributed by atoms with Gasteiger partial charge in [0, 0.05) is 28.8 Å². The lowest BCUT2D eigenvalue weighted by molar-refractivity contribution is 0.0696. The van der Waals surface area contributed by atoms with Gasteiger partial charge in [-0.1, -0.05) is 59.6 Å². The van der Waals surface area contributed by atoms with Crippen molar-refractivity contribution in [3.63, 3.8) is 0 Å². The number of aromatic carboxylic acids is 1. The molecule has 3 nitrogen and oxygen atoms in total. The molecular weight excluding hydrogens is 405 g/mol. The maximum Gasteiger partial charge on any atom is 0.336 e. The first kappa shape index (κ1) is 19.6. The SMILES string of the molecule is O=C(O)c1cc(Cl)ccc1/C=C/c1cccc(CN2CCc3cc(Cl)ccc32)c1. The topological polar surface area (TPSA) is 40.5 Å². The number of carbonyl (C=O) groups is 1. The van der Waals surface area contributed by atoms with Crippen LogP contribution >= 0.6 is 23.2 Å². The molecule has 5 heteroatoms. The molecule has 0 saturated heterocycles. The van der Waals surface area contributed by atoms with Crippen LogP contribution in [0.4, 0.5) is 5.69 Å². The van der Waals surface area contributed by atoms with E-state index in [1.54, 1.807) is 12.1 Å². The third kappa shape index (κ3) is 4.47. The van der Waals surface area contributed by atoms with Crippen molar-refractivity contribution in [2.24, 2.45) is 0 Å². The molecule has 0 atom stereocenters. The first-order valence-corrected chi connectivity index (χ1v) is 10.1. The van der Waals surface area contributed by atoms with E-state index in [4.69, 9.17) is 23.2 Å². The van der Waals surface area contributed by atoms with E-state index < -0.39 is 5.97 Å². The molecule has 0 saturated carbocycles. The molecule has 29 heavy (non-hydrogen) atoms. The Morgan fingerprint density at radius 1 is 1.00 bits per heavy atom. The molecule has 4 rings (SSSR count). The highest BCUT2D eigenvalue weighted by molar-refractivity contribution is 6.31. The quantitative estimate of drug-likeness (QED) is 0.480.